The summed E-state index contributed by atoms with van der Waals surface area (Å²) < 4.78 is 0. The molecule has 1 fully saturated rings. The van der Waals surface area contributed by atoms with Crippen LogP contribution in [-0.4, -0.2) is 40.2 Å². The fraction of sp³-hybridized carbons (Fsp3) is 0.312. The molecule has 0 aromatic carbocycles. The van der Waals surface area contributed by atoms with Crippen LogP contribution in [0.15, 0.2) is 36.6 Å². The smallest absolute Gasteiger partial charge is 0.328 e. The van der Waals surface area contributed by atoms with Crippen molar-refractivity contribution in [2.45, 2.75) is 6.42 Å². The minimum atomic E-state index is -1.26. The van der Waals surface area contributed by atoms with Gasteiger partial charge < -0.3 is 15.5 Å². The van der Waals surface area contributed by atoms with E-state index in [1.165, 1.54) is 17.6 Å². The van der Waals surface area contributed by atoms with E-state index >= 15 is 0 Å². The van der Waals surface area contributed by atoms with Gasteiger partial charge in [-0.1, -0.05) is 23.7 Å². The molecule has 3 rings (SSSR count). The van der Waals surface area contributed by atoms with Crippen LogP contribution in [0.1, 0.15) is 12.0 Å². The van der Waals surface area contributed by atoms with Gasteiger partial charge in [0.25, 0.3) is 0 Å². The molecule has 1 aromatic heterocycles. The Hall–Kier alpha value is -2.18. The van der Waals surface area contributed by atoms with Gasteiger partial charge in [0, 0.05) is 30.8 Å². The van der Waals surface area contributed by atoms with Crippen LogP contribution in [0.5, 0.6) is 0 Å². The Morgan fingerprint density at radius 1 is 1.22 bits per heavy atom. The Morgan fingerprint density at radius 2 is 1.91 bits per heavy atom. The van der Waals surface area contributed by atoms with Gasteiger partial charge in [-0.05, 0) is 36.1 Å². The standard InChI is InChI=1S/C12H13ClN2.C4H4O4/c13-12-4-2-9(6-15-12)10-3-1-8-5-14-7-11(8)10;5-3(6)1-2-4(7)8/h2-4,6,8,11,14H,1,5,7H2;1-2H,(H,5,6)(H,7,8)/t8-,11+;/m1./s1. The lowest BCUT2D eigenvalue weighted by molar-refractivity contribution is -0.134. The van der Waals surface area contributed by atoms with Crippen LogP contribution in [0.4, 0.5) is 0 Å². The highest BCUT2D eigenvalue weighted by Crippen LogP contribution is 2.39. The van der Waals surface area contributed by atoms with Crippen LogP contribution in [-0.2, 0) is 9.59 Å². The Kier molecular flexibility index (Phi) is 5.90. The minimum Gasteiger partial charge on any atom is -0.478 e. The Labute approximate surface area is 138 Å². The monoisotopic (exact) mass is 336 g/mol. The molecule has 2 aliphatic rings. The number of nitrogens with one attached hydrogen (secondary N) is 1. The van der Waals surface area contributed by atoms with Gasteiger partial charge in [-0.25, -0.2) is 14.6 Å². The topological polar surface area (TPSA) is 99.5 Å². The predicted molar refractivity (Wildman–Crippen MR) is 86.1 cm³/mol. The lowest BCUT2D eigenvalue weighted by atomic mass is 9.91. The van der Waals surface area contributed by atoms with Crippen molar-refractivity contribution in [2.24, 2.45) is 11.8 Å². The van der Waals surface area contributed by atoms with E-state index in [0.29, 0.717) is 23.2 Å². The number of aromatic nitrogens is 1. The number of pyridine rings is 1. The maximum absolute atomic E-state index is 9.55. The number of carboxylic acid groups (broad SMARTS) is 2. The first kappa shape index (κ1) is 17.2. The summed E-state index contributed by atoms with van der Waals surface area (Å²) in [6.07, 6.45) is 6.57. The van der Waals surface area contributed by atoms with E-state index in [4.69, 9.17) is 21.8 Å². The van der Waals surface area contributed by atoms with Gasteiger partial charge in [0.1, 0.15) is 5.15 Å². The number of nitrogens with zero attached hydrogens (tertiary/aromatic N) is 1. The molecule has 0 unspecified atom stereocenters. The van der Waals surface area contributed by atoms with E-state index in [1.54, 1.807) is 0 Å². The van der Waals surface area contributed by atoms with Crippen molar-refractivity contribution in [3.8, 4) is 0 Å². The van der Waals surface area contributed by atoms with Crippen molar-refractivity contribution in [1.29, 1.82) is 0 Å². The molecule has 0 amide bonds. The molecule has 6 nitrogen and oxygen atoms in total. The van der Waals surface area contributed by atoms with Crippen LogP contribution in [0.25, 0.3) is 5.57 Å². The number of fused-ring (bicyclic) bond motifs is 1. The fourth-order valence-electron chi connectivity index (χ4n) is 2.80. The molecule has 1 saturated heterocycles. The second-order valence-electron chi connectivity index (χ2n) is 5.30. The van der Waals surface area contributed by atoms with Gasteiger partial charge >= 0.3 is 11.9 Å². The van der Waals surface area contributed by atoms with Gasteiger partial charge in [-0.2, -0.15) is 0 Å². The summed E-state index contributed by atoms with van der Waals surface area (Å²) in [5.74, 6) is -1.02. The second kappa shape index (κ2) is 7.89. The van der Waals surface area contributed by atoms with Crippen LogP contribution >= 0.6 is 11.6 Å². The summed E-state index contributed by atoms with van der Waals surface area (Å²) in [5, 5.41) is 19.6. The van der Waals surface area contributed by atoms with Crippen molar-refractivity contribution in [3.63, 3.8) is 0 Å². The van der Waals surface area contributed by atoms with Crippen LogP contribution in [0.3, 0.4) is 0 Å². The molecule has 0 radical (unpaired) electrons. The summed E-state index contributed by atoms with van der Waals surface area (Å²) in [6.45, 7) is 2.27. The molecule has 0 saturated carbocycles. The number of hydrogen-bond acceptors (Lipinski definition) is 4. The first-order valence-corrected chi connectivity index (χ1v) is 7.52. The third kappa shape index (κ3) is 4.91. The lowest BCUT2D eigenvalue weighted by Gasteiger charge is -2.12. The van der Waals surface area contributed by atoms with Crippen LogP contribution in [0.2, 0.25) is 5.15 Å². The van der Waals surface area contributed by atoms with E-state index in [-0.39, 0.29) is 0 Å². The molecule has 1 aliphatic heterocycles. The molecule has 0 bridgehead atoms. The molecule has 23 heavy (non-hydrogen) atoms. The zero-order valence-corrected chi connectivity index (χ0v) is 13.0. The van der Waals surface area contributed by atoms with Gasteiger partial charge in [0.15, 0.2) is 0 Å². The molecule has 2 atom stereocenters. The highest BCUT2D eigenvalue weighted by molar-refractivity contribution is 6.29. The number of carbonyl (C=O) groups is 2. The molecule has 122 valence electrons. The van der Waals surface area contributed by atoms with Crippen molar-refractivity contribution in [1.82, 2.24) is 10.3 Å². The Morgan fingerprint density at radius 3 is 2.48 bits per heavy atom. The largest absolute Gasteiger partial charge is 0.478 e. The van der Waals surface area contributed by atoms with Crippen molar-refractivity contribution in [2.75, 3.05) is 13.1 Å². The third-order valence-electron chi connectivity index (χ3n) is 3.81. The van der Waals surface area contributed by atoms with Crippen LogP contribution in [0, 0.1) is 11.8 Å². The third-order valence-corrected chi connectivity index (χ3v) is 4.03. The van der Waals surface area contributed by atoms with Crippen molar-refractivity contribution >= 4 is 29.1 Å². The molecular weight excluding hydrogens is 320 g/mol. The average Bonchev–Trinajstić information content (AvgIpc) is 3.10. The Balaban J connectivity index is 0.000000207. The lowest BCUT2D eigenvalue weighted by Crippen LogP contribution is -2.09. The van der Waals surface area contributed by atoms with E-state index in [9.17, 15) is 9.59 Å². The highest BCUT2D eigenvalue weighted by atomic mass is 35.5. The molecule has 1 aliphatic carbocycles. The number of allylic oxidation sites excluding steroid dienone is 1. The number of rotatable bonds is 3. The summed E-state index contributed by atoms with van der Waals surface area (Å²) in [6, 6.07) is 3.94. The summed E-state index contributed by atoms with van der Waals surface area (Å²) in [5.41, 5.74) is 2.68. The van der Waals surface area contributed by atoms with E-state index in [0.717, 1.165) is 19.0 Å². The molecule has 7 heteroatoms. The SMILES string of the molecule is Clc1ccc(C2=CC[C@@H]3CNC[C@H]23)cn1.O=C(O)C=CC(=O)O. The summed E-state index contributed by atoms with van der Waals surface area (Å²) in [4.78, 5) is 23.2. The molecule has 0 spiro atoms. The number of aliphatic carboxylic acids is 2. The second-order valence-corrected chi connectivity index (χ2v) is 5.69. The quantitative estimate of drug-likeness (QED) is 0.577. The average molecular weight is 337 g/mol. The Bertz CT molecular complexity index is 624. The number of halogens is 1. The molecule has 2 heterocycles. The molecule has 1 aromatic rings. The minimum absolute atomic E-state index is 0.558. The van der Waals surface area contributed by atoms with E-state index in [1.807, 2.05) is 12.3 Å². The zero-order valence-electron chi connectivity index (χ0n) is 12.3. The van der Waals surface area contributed by atoms with Crippen molar-refractivity contribution in [3.05, 3.63) is 47.3 Å². The molecular formula is C16H17ClN2O4. The van der Waals surface area contributed by atoms with E-state index in [2.05, 4.69) is 22.4 Å². The maximum Gasteiger partial charge on any atom is 0.328 e. The zero-order chi connectivity index (χ0) is 16.8. The normalized spacial score (nSPS) is 22.2. The van der Waals surface area contributed by atoms with Gasteiger partial charge in [0.2, 0.25) is 0 Å². The fourth-order valence-corrected chi connectivity index (χ4v) is 2.91. The van der Waals surface area contributed by atoms with Crippen LogP contribution < -0.4 is 5.32 Å². The first-order chi connectivity index (χ1) is 11.0. The first-order valence-electron chi connectivity index (χ1n) is 7.14. The summed E-state index contributed by atoms with van der Waals surface area (Å²) in [7, 11) is 0. The van der Waals surface area contributed by atoms with Gasteiger partial charge in [-0.15, -0.1) is 0 Å². The van der Waals surface area contributed by atoms with Gasteiger partial charge in [0.05, 0.1) is 0 Å². The molecule has 3 N–H and O–H groups in total. The van der Waals surface area contributed by atoms with Crippen molar-refractivity contribution < 1.29 is 19.8 Å². The maximum atomic E-state index is 9.55. The van der Waals surface area contributed by atoms with Gasteiger partial charge in [-0.3, -0.25) is 0 Å². The number of carboxylic acids is 2. The predicted octanol–water partition coefficient (Wildman–Crippen LogP) is 2.07. The van der Waals surface area contributed by atoms with E-state index < -0.39 is 11.9 Å². The summed E-state index contributed by atoms with van der Waals surface area (Å²) >= 11 is 5.79. The highest BCUT2D eigenvalue weighted by Gasteiger charge is 2.33. The number of hydrogen-bond donors (Lipinski definition) is 3.